The predicted octanol–water partition coefficient (Wildman–Crippen LogP) is 5.40. The van der Waals surface area contributed by atoms with Gasteiger partial charge >= 0.3 is 0 Å². The fraction of sp³-hybridized carbons (Fsp3) is 0.107. The van der Waals surface area contributed by atoms with Gasteiger partial charge in [-0.1, -0.05) is 36.4 Å². The first-order valence-electron chi connectivity index (χ1n) is 11.8. The Morgan fingerprint density at radius 2 is 1.39 bits per heavy atom. The SMILES string of the molecule is O=C(c1ccccc1)N(CCCNS(=O)(=O)c1ccc([N+](=O)[O-])cc1)c1ccc(Oc2ccccc2)cc1. The van der Waals surface area contributed by atoms with Crippen LogP contribution >= 0.6 is 0 Å². The number of nitrogens with one attached hydrogen (secondary N) is 1. The maximum Gasteiger partial charge on any atom is 0.269 e. The Labute approximate surface area is 220 Å². The second-order valence-corrected chi connectivity index (χ2v) is 10.0. The van der Waals surface area contributed by atoms with Gasteiger partial charge in [0.05, 0.1) is 9.82 Å². The van der Waals surface area contributed by atoms with Gasteiger partial charge < -0.3 is 9.64 Å². The Balaban J connectivity index is 1.44. The lowest BCUT2D eigenvalue weighted by molar-refractivity contribution is -0.384. The topological polar surface area (TPSA) is 119 Å². The van der Waals surface area contributed by atoms with Gasteiger partial charge in [-0.15, -0.1) is 0 Å². The Kier molecular flexibility index (Phi) is 8.47. The van der Waals surface area contributed by atoms with Gasteiger partial charge in [0.2, 0.25) is 10.0 Å². The summed E-state index contributed by atoms with van der Waals surface area (Å²) < 4.78 is 33.5. The number of ether oxygens (including phenoxy) is 1. The van der Waals surface area contributed by atoms with E-state index >= 15 is 0 Å². The molecule has 0 unspecified atom stereocenters. The van der Waals surface area contributed by atoms with E-state index in [1.54, 1.807) is 53.4 Å². The highest BCUT2D eigenvalue weighted by molar-refractivity contribution is 7.89. The van der Waals surface area contributed by atoms with Crippen LogP contribution in [0, 0.1) is 10.1 Å². The zero-order valence-corrected chi connectivity index (χ0v) is 21.1. The van der Waals surface area contributed by atoms with E-state index in [-0.39, 0.29) is 29.6 Å². The van der Waals surface area contributed by atoms with Crippen LogP contribution in [-0.2, 0) is 10.0 Å². The number of nitro benzene ring substituents is 1. The third-order valence-corrected chi connectivity index (χ3v) is 7.08. The molecule has 0 saturated carbocycles. The molecule has 194 valence electrons. The molecule has 4 aromatic rings. The first-order chi connectivity index (χ1) is 18.3. The Hall–Kier alpha value is -4.54. The summed E-state index contributed by atoms with van der Waals surface area (Å²) in [7, 11) is -3.87. The predicted molar refractivity (Wildman–Crippen MR) is 144 cm³/mol. The van der Waals surface area contributed by atoms with Crippen molar-refractivity contribution in [3.8, 4) is 11.5 Å². The molecule has 38 heavy (non-hydrogen) atoms. The number of nitrogens with zero attached hydrogens (tertiary/aromatic N) is 2. The molecule has 1 N–H and O–H groups in total. The van der Waals surface area contributed by atoms with Gasteiger partial charge in [0.15, 0.2) is 0 Å². The van der Waals surface area contributed by atoms with Crippen molar-refractivity contribution < 1.29 is 22.9 Å². The number of non-ortho nitro benzene ring substituents is 1. The van der Waals surface area contributed by atoms with Crippen LogP contribution in [0.2, 0.25) is 0 Å². The zero-order chi connectivity index (χ0) is 27.0. The van der Waals surface area contributed by atoms with Crippen molar-refractivity contribution in [2.75, 3.05) is 18.0 Å². The van der Waals surface area contributed by atoms with Gasteiger partial charge in [-0.2, -0.15) is 0 Å². The van der Waals surface area contributed by atoms with E-state index in [1.807, 2.05) is 36.4 Å². The van der Waals surface area contributed by atoms with Crippen LogP contribution in [0.15, 0.2) is 114 Å². The number of amides is 1. The summed E-state index contributed by atoms with van der Waals surface area (Å²) in [5.74, 6) is 1.08. The number of anilines is 1. The van der Waals surface area contributed by atoms with E-state index in [1.165, 1.54) is 12.1 Å². The van der Waals surface area contributed by atoms with Crippen molar-refractivity contribution in [1.82, 2.24) is 4.72 Å². The lowest BCUT2D eigenvalue weighted by Gasteiger charge is -2.23. The maximum atomic E-state index is 13.3. The molecule has 0 saturated heterocycles. The van der Waals surface area contributed by atoms with Crippen LogP contribution in [0.3, 0.4) is 0 Å². The van der Waals surface area contributed by atoms with Gasteiger partial charge in [-0.25, -0.2) is 13.1 Å². The van der Waals surface area contributed by atoms with E-state index in [4.69, 9.17) is 4.74 Å². The molecule has 0 aromatic heterocycles. The lowest BCUT2D eigenvalue weighted by Crippen LogP contribution is -2.34. The summed E-state index contributed by atoms with van der Waals surface area (Å²) in [5, 5.41) is 10.8. The normalized spacial score (nSPS) is 11.1. The average Bonchev–Trinajstić information content (AvgIpc) is 2.94. The molecule has 0 aliphatic heterocycles. The molecule has 1 amide bonds. The highest BCUT2D eigenvalue weighted by Gasteiger charge is 2.19. The summed E-state index contributed by atoms with van der Waals surface area (Å²) in [6, 6.07) is 29.9. The number of sulfonamides is 1. The van der Waals surface area contributed by atoms with Crippen molar-refractivity contribution in [3.05, 3.63) is 125 Å². The van der Waals surface area contributed by atoms with Gasteiger partial charge in [0.1, 0.15) is 11.5 Å². The Morgan fingerprint density at radius 1 is 0.816 bits per heavy atom. The van der Waals surface area contributed by atoms with Crippen LogP contribution in [0.4, 0.5) is 11.4 Å². The second-order valence-electron chi connectivity index (χ2n) is 8.23. The minimum absolute atomic E-state index is 0.0626. The molecule has 0 fully saturated rings. The zero-order valence-electron chi connectivity index (χ0n) is 20.3. The van der Waals surface area contributed by atoms with Gasteiger partial charge in [-0.05, 0) is 67.1 Å². The van der Waals surface area contributed by atoms with Crippen LogP contribution < -0.4 is 14.4 Å². The molecule has 0 aliphatic rings. The number of benzene rings is 4. The Bertz CT molecular complexity index is 1480. The van der Waals surface area contributed by atoms with Crippen molar-refractivity contribution in [1.29, 1.82) is 0 Å². The monoisotopic (exact) mass is 531 g/mol. The van der Waals surface area contributed by atoms with Gasteiger partial charge in [0, 0.05) is 36.5 Å². The quantitative estimate of drug-likeness (QED) is 0.157. The number of nitro groups is 1. The molecule has 0 heterocycles. The van der Waals surface area contributed by atoms with Crippen molar-refractivity contribution >= 4 is 27.3 Å². The summed E-state index contributed by atoms with van der Waals surface area (Å²) in [5.41, 5.74) is 0.945. The van der Waals surface area contributed by atoms with Crippen LogP contribution in [0.25, 0.3) is 0 Å². The lowest BCUT2D eigenvalue weighted by atomic mass is 10.1. The standard InChI is InChI=1S/C28H25N3O6S/c32-28(22-8-3-1-4-9-22)30(23-12-16-26(17-13-23)37-25-10-5-2-6-11-25)21-7-20-29-38(35,36)27-18-14-24(15-19-27)31(33)34/h1-6,8-19,29H,7,20-21H2. The minimum Gasteiger partial charge on any atom is -0.457 e. The first-order valence-corrected chi connectivity index (χ1v) is 13.3. The molecule has 0 radical (unpaired) electrons. The molecule has 0 bridgehead atoms. The highest BCUT2D eigenvalue weighted by Crippen LogP contribution is 2.25. The van der Waals surface area contributed by atoms with E-state index in [0.29, 0.717) is 29.2 Å². The highest BCUT2D eigenvalue weighted by atomic mass is 32.2. The van der Waals surface area contributed by atoms with E-state index in [9.17, 15) is 23.3 Å². The molecule has 9 nitrogen and oxygen atoms in total. The van der Waals surface area contributed by atoms with Gasteiger partial charge in [0.25, 0.3) is 11.6 Å². The molecule has 0 atom stereocenters. The molecule has 4 rings (SSSR count). The molecule has 0 spiro atoms. The summed E-state index contributed by atoms with van der Waals surface area (Å²) >= 11 is 0. The Morgan fingerprint density at radius 3 is 2.00 bits per heavy atom. The van der Waals surface area contributed by atoms with Crippen molar-refractivity contribution in [2.45, 2.75) is 11.3 Å². The molecular weight excluding hydrogens is 506 g/mol. The average molecular weight is 532 g/mol. The minimum atomic E-state index is -3.87. The van der Waals surface area contributed by atoms with Crippen LogP contribution in [0.1, 0.15) is 16.8 Å². The summed E-state index contributed by atoms with van der Waals surface area (Å²) in [6.45, 7) is 0.308. The molecular formula is C28H25N3O6S. The number of carbonyl (C=O) groups is 1. The fourth-order valence-electron chi connectivity index (χ4n) is 3.68. The molecule has 0 aliphatic carbocycles. The van der Waals surface area contributed by atoms with Crippen LogP contribution in [-0.4, -0.2) is 32.3 Å². The summed E-state index contributed by atoms with van der Waals surface area (Å²) in [4.78, 5) is 25.1. The van der Waals surface area contributed by atoms with E-state index in [0.717, 1.165) is 12.1 Å². The number of rotatable bonds is 11. The number of hydrogen-bond donors (Lipinski definition) is 1. The van der Waals surface area contributed by atoms with E-state index < -0.39 is 14.9 Å². The van der Waals surface area contributed by atoms with Crippen LogP contribution in [0.5, 0.6) is 11.5 Å². The number of para-hydroxylation sites is 1. The fourth-order valence-corrected chi connectivity index (χ4v) is 4.75. The molecule has 10 heteroatoms. The third kappa shape index (κ3) is 6.81. The summed E-state index contributed by atoms with van der Waals surface area (Å²) in [6.07, 6.45) is 0.326. The van der Waals surface area contributed by atoms with Crippen molar-refractivity contribution in [2.24, 2.45) is 0 Å². The molecule has 4 aromatic carbocycles. The van der Waals surface area contributed by atoms with Crippen molar-refractivity contribution in [3.63, 3.8) is 0 Å². The largest absolute Gasteiger partial charge is 0.457 e. The smallest absolute Gasteiger partial charge is 0.269 e. The second kappa shape index (κ2) is 12.1. The first kappa shape index (κ1) is 26.5. The number of hydrogen-bond acceptors (Lipinski definition) is 6. The maximum absolute atomic E-state index is 13.3. The van der Waals surface area contributed by atoms with E-state index in [2.05, 4.69) is 4.72 Å². The third-order valence-electron chi connectivity index (χ3n) is 5.60. The van der Waals surface area contributed by atoms with Gasteiger partial charge in [-0.3, -0.25) is 14.9 Å². The number of carbonyl (C=O) groups excluding carboxylic acids is 1.